The smallest absolute Gasteiger partial charge is 0.246 e. The van der Waals surface area contributed by atoms with E-state index in [1.807, 2.05) is 54.1 Å². The number of aliphatic hydroxyl groups excluding tert-OH is 1. The molecule has 1 aromatic heterocycles. The van der Waals surface area contributed by atoms with Crippen LogP contribution in [0.2, 0.25) is 0 Å². The van der Waals surface area contributed by atoms with Crippen molar-refractivity contribution < 1.29 is 19.5 Å². The second kappa shape index (κ2) is 18.6. The molecule has 1 aromatic carbocycles. The number of aryl methyl sites for hydroxylation is 1. The van der Waals surface area contributed by atoms with Crippen LogP contribution in [0.25, 0.3) is 10.4 Å². The molecule has 0 spiro atoms. The number of rotatable bonds is 7. The fraction of sp³-hybridized carbons (Fsp3) is 0.586. The molecule has 1 aliphatic heterocycles. The zero-order valence-electron chi connectivity index (χ0n) is 24.6. The molecule has 0 aliphatic carbocycles. The summed E-state index contributed by atoms with van der Waals surface area (Å²) in [6.07, 6.45) is 2.73. The molecule has 1 fully saturated rings. The van der Waals surface area contributed by atoms with E-state index in [0.29, 0.717) is 19.4 Å². The van der Waals surface area contributed by atoms with Gasteiger partial charge in [0, 0.05) is 26.6 Å². The molecule has 3 N–H and O–H groups in total. The van der Waals surface area contributed by atoms with Gasteiger partial charge < -0.3 is 25.4 Å². The Hall–Kier alpha value is -2.62. The van der Waals surface area contributed by atoms with Gasteiger partial charge in [0.05, 0.1) is 22.1 Å². The molecule has 2 atom stereocenters. The first-order chi connectivity index (χ1) is 18.1. The lowest BCUT2D eigenvalue weighted by Gasteiger charge is -2.34. The van der Waals surface area contributed by atoms with Crippen LogP contribution >= 0.6 is 11.3 Å². The summed E-state index contributed by atoms with van der Waals surface area (Å²) in [4.78, 5) is 42.3. The van der Waals surface area contributed by atoms with E-state index in [0.717, 1.165) is 32.1 Å². The van der Waals surface area contributed by atoms with E-state index in [-0.39, 0.29) is 23.3 Å². The fourth-order valence-electron chi connectivity index (χ4n) is 3.84. The van der Waals surface area contributed by atoms with Gasteiger partial charge >= 0.3 is 0 Å². The first-order valence-corrected chi connectivity index (χ1v) is 14.1. The van der Waals surface area contributed by atoms with Crippen molar-refractivity contribution in [1.29, 1.82) is 0 Å². The van der Waals surface area contributed by atoms with E-state index in [9.17, 15) is 14.4 Å². The number of likely N-dealkylation sites (tertiary alicyclic amines) is 1. The average molecular weight is 549 g/mol. The fourth-order valence-corrected chi connectivity index (χ4v) is 4.65. The molecule has 2 unspecified atom stereocenters. The topological polar surface area (TPSA) is 112 Å². The molecule has 2 amide bonds. The molecule has 1 saturated heterocycles. The van der Waals surface area contributed by atoms with Crippen molar-refractivity contribution >= 4 is 29.4 Å². The number of nitrogens with one attached hydrogen (secondary N) is 2. The number of amides is 2. The summed E-state index contributed by atoms with van der Waals surface area (Å²) < 4.78 is 0. The van der Waals surface area contributed by atoms with Crippen molar-refractivity contribution in [1.82, 2.24) is 20.5 Å². The van der Waals surface area contributed by atoms with Gasteiger partial charge in [0.2, 0.25) is 11.8 Å². The average Bonchev–Trinajstić information content (AvgIpc) is 3.58. The van der Waals surface area contributed by atoms with Crippen LogP contribution in [0.1, 0.15) is 72.1 Å². The number of aliphatic hydroxyl groups is 1. The van der Waals surface area contributed by atoms with E-state index in [2.05, 4.69) is 39.9 Å². The Morgan fingerprint density at radius 2 is 1.82 bits per heavy atom. The molecule has 38 heavy (non-hydrogen) atoms. The van der Waals surface area contributed by atoms with Gasteiger partial charge in [0.1, 0.15) is 12.3 Å². The number of nitrogens with zero attached hydrogens (tertiary/aromatic N) is 2. The third-order valence-corrected chi connectivity index (χ3v) is 6.80. The number of benzene rings is 1. The maximum atomic E-state index is 12.6. The second-order valence-electron chi connectivity index (χ2n) is 9.59. The molecular formula is C29H48N4O4S. The van der Waals surface area contributed by atoms with Crippen molar-refractivity contribution in [3.63, 3.8) is 0 Å². The summed E-state index contributed by atoms with van der Waals surface area (Å²) in [6, 6.07) is 7.72. The number of thiazole rings is 1. The lowest BCUT2D eigenvalue weighted by Crippen LogP contribution is -2.55. The number of aldehydes is 1. The highest BCUT2D eigenvalue weighted by molar-refractivity contribution is 7.13. The summed E-state index contributed by atoms with van der Waals surface area (Å²) in [6.45, 7) is 15.1. The summed E-state index contributed by atoms with van der Waals surface area (Å²) in [5.41, 5.74) is 5.20. The normalized spacial score (nSPS) is 15.0. The Kier molecular flexibility index (Phi) is 17.3. The lowest BCUT2D eigenvalue weighted by molar-refractivity contribution is -0.141. The highest BCUT2D eigenvalue weighted by Gasteiger charge is 2.39. The highest BCUT2D eigenvalue weighted by atomic mass is 32.1. The van der Waals surface area contributed by atoms with Crippen LogP contribution in [0.3, 0.4) is 0 Å². The molecule has 3 rings (SSSR count). The molecule has 0 radical (unpaired) electrons. The maximum Gasteiger partial charge on any atom is 0.246 e. The predicted octanol–water partition coefficient (Wildman–Crippen LogP) is 4.59. The van der Waals surface area contributed by atoms with E-state index in [1.54, 1.807) is 23.2 Å². The van der Waals surface area contributed by atoms with Gasteiger partial charge in [-0.05, 0) is 43.4 Å². The van der Waals surface area contributed by atoms with Crippen molar-refractivity contribution in [3.05, 3.63) is 41.0 Å². The van der Waals surface area contributed by atoms with E-state index in [1.165, 1.54) is 16.0 Å². The van der Waals surface area contributed by atoms with Crippen LogP contribution in [-0.2, 0) is 20.9 Å². The Bertz CT molecular complexity index is 954. The molecule has 214 valence electrons. The van der Waals surface area contributed by atoms with Crippen molar-refractivity contribution in [2.24, 2.45) is 5.41 Å². The van der Waals surface area contributed by atoms with Gasteiger partial charge in [-0.1, -0.05) is 65.8 Å². The standard InChI is InChI=1S/C14H24N2O3.C12H14N2S.C2H6.CH4O/c1-5-11(18)15-12(14(2,3)4)13(19)16-8-6-7-10(16)9-17;1-9-12(15-8-14-9)11-5-3-10(4-6-11)7-13-2;2*1-2/h9-10,12H,5-8H2,1-4H3,(H,15,18);3-6,8,13H,7H2,1-2H3;1-2H3;2H,1H3. The van der Waals surface area contributed by atoms with Crippen LogP contribution in [0.5, 0.6) is 0 Å². The van der Waals surface area contributed by atoms with Crippen LogP contribution in [0.4, 0.5) is 0 Å². The molecule has 1 aliphatic rings. The Morgan fingerprint density at radius 1 is 1.21 bits per heavy atom. The predicted molar refractivity (Wildman–Crippen MR) is 157 cm³/mol. The largest absolute Gasteiger partial charge is 0.400 e. The van der Waals surface area contributed by atoms with Gasteiger partial charge in [0.25, 0.3) is 0 Å². The number of hydrogen-bond acceptors (Lipinski definition) is 7. The van der Waals surface area contributed by atoms with Gasteiger partial charge in [-0.2, -0.15) is 0 Å². The third-order valence-electron chi connectivity index (χ3n) is 5.82. The summed E-state index contributed by atoms with van der Waals surface area (Å²) in [7, 11) is 2.96. The van der Waals surface area contributed by atoms with E-state index >= 15 is 0 Å². The van der Waals surface area contributed by atoms with E-state index < -0.39 is 6.04 Å². The van der Waals surface area contributed by atoms with Crippen molar-refractivity contribution in [2.75, 3.05) is 20.7 Å². The second-order valence-corrected chi connectivity index (χ2v) is 10.4. The first kappa shape index (κ1) is 35.4. The minimum Gasteiger partial charge on any atom is -0.400 e. The van der Waals surface area contributed by atoms with Gasteiger partial charge in [-0.15, -0.1) is 11.3 Å². The quantitative estimate of drug-likeness (QED) is 0.437. The summed E-state index contributed by atoms with van der Waals surface area (Å²) >= 11 is 1.70. The number of hydrogen-bond donors (Lipinski definition) is 3. The highest BCUT2D eigenvalue weighted by Crippen LogP contribution is 2.27. The summed E-state index contributed by atoms with van der Waals surface area (Å²) in [5.74, 6) is -0.293. The molecule has 2 aromatic rings. The minimum absolute atomic E-state index is 0.143. The van der Waals surface area contributed by atoms with Crippen LogP contribution in [-0.4, -0.2) is 65.9 Å². The minimum atomic E-state index is -0.583. The van der Waals surface area contributed by atoms with Gasteiger partial charge in [-0.25, -0.2) is 4.98 Å². The van der Waals surface area contributed by atoms with Crippen LogP contribution in [0, 0.1) is 12.3 Å². The Morgan fingerprint density at radius 3 is 2.26 bits per heavy atom. The SMILES string of the molecule is CC.CCC(=O)NC(C(=O)N1CCCC1C=O)C(C)(C)C.CNCc1ccc(-c2scnc2C)cc1.CO. The Balaban J connectivity index is 0.000000648. The monoisotopic (exact) mass is 548 g/mol. The molecule has 0 bridgehead atoms. The van der Waals surface area contributed by atoms with Crippen molar-refractivity contribution in [3.8, 4) is 10.4 Å². The number of aromatic nitrogens is 1. The molecule has 0 saturated carbocycles. The van der Waals surface area contributed by atoms with E-state index in [4.69, 9.17) is 5.11 Å². The Labute approximate surface area is 233 Å². The van der Waals surface area contributed by atoms with Gasteiger partial charge in [0.15, 0.2) is 0 Å². The molecule has 9 heteroatoms. The maximum absolute atomic E-state index is 12.6. The molecule has 2 heterocycles. The zero-order valence-corrected chi connectivity index (χ0v) is 25.4. The molecule has 8 nitrogen and oxygen atoms in total. The first-order valence-electron chi connectivity index (χ1n) is 13.3. The number of carbonyl (C=O) groups is 3. The summed E-state index contributed by atoms with van der Waals surface area (Å²) in [5, 5.41) is 12.9. The van der Waals surface area contributed by atoms with Crippen LogP contribution < -0.4 is 10.6 Å². The van der Waals surface area contributed by atoms with Crippen molar-refractivity contribution in [2.45, 2.75) is 86.4 Å². The zero-order chi connectivity index (χ0) is 29.3. The van der Waals surface area contributed by atoms with Crippen LogP contribution in [0.15, 0.2) is 29.8 Å². The third kappa shape index (κ3) is 11.0. The molecular weight excluding hydrogens is 500 g/mol. The lowest BCUT2D eigenvalue weighted by atomic mass is 9.85. The van der Waals surface area contributed by atoms with Gasteiger partial charge in [-0.3, -0.25) is 9.59 Å². The number of carbonyl (C=O) groups excluding carboxylic acids is 3.